The maximum Gasteiger partial charge on any atom is 0.252 e. The summed E-state index contributed by atoms with van der Waals surface area (Å²) in [6.45, 7) is 1.28. The van der Waals surface area contributed by atoms with Crippen LogP contribution in [0.1, 0.15) is 25.7 Å². The minimum absolute atomic E-state index is 0.0829. The van der Waals surface area contributed by atoms with Gasteiger partial charge in [-0.3, -0.25) is 20.5 Å². The summed E-state index contributed by atoms with van der Waals surface area (Å²) in [5.41, 5.74) is 5.45. The van der Waals surface area contributed by atoms with Gasteiger partial charge >= 0.3 is 0 Å². The van der Waals surface area contributed by atoms with E-state index in [-0.39, 0.29) is 12.5 Å². The molecule has 1 heterocycles. The molecule has 1 aromatic rings. The van der Waals surface area contributed by atoms with Crippen LogP contribution in [0.3, 0.4) is 0 Å². The lowest BCUT2D eigenvalue weighted by molar-refractivity contribution is -0.122. The van der Waals surface area contributed by atoms with Crippen LogP contribution >= 0.6 is 0 Å². The number of carbonyl (C=O) groups excluding carboxylic acids is 1. The molecule has 20 heavy (non-hydrogen) atoms. The molecule has 1 aliphatic rings. The van der Waals surface area contributed by atoms with Gasteiger partial charge in [-0.1, -0.05) is 12.5 Å². The third-order valence-corrected chi connectivity index (χ3v) is 3.54. The molecule has 0 atom stereocenters. The van der Waals surface area contributed by atoms with E-state index in [0.717, 1.165) is 19.4 Å². The Morgan fingerprint density at radius 3 is 2.90 bits per heavy atom. The topological polar surface area (TPSA) is 77.5 Å². The van der Waals surface area contributed by atoms with Gasteiger partial charge in [-0.05, 0) is 31.4 Å². The first-order chi connectivity index (χ1) is 9.79. The molecular formula is C14H22N4O2. The Morgan fingerprint density at radius 2 is 2.30 bits per heavy atom. The highest BCUT2D eigenvalue weighted by atomic mass is 16.3. The number of carbonyl (C=O) groups is 1. The molecule has 1 aromatic heterocycles. The lowest BCUT2D eigenvalue weighted by Gasteiger charge is -2.37. The highest BCUT2D eigenvalue weighted by Crippen LogP contribution is 2.24. The fourth-order valence-corrected chi connectivity index (χ4v) is 2.21. The van der Waals surface area contributed by atoms with Gasteiger partial charge in [0.05, 0.1) is 6.54 Å². The lowest BCUT2D eigenvalue weighted by atomic mass is 9.91. The van der Waals surface area contributed by atoms with Crippen molar-refractivity contribution in [2.75, 3.05) is 25.1 Å². The van der Waals surface area contributed by atoms with Gasteiger partial charge in [0.1, 0.15) is 5.82 Å². The van der Waals surface area contributed by atoms with Crippen LogP contribution < -0.4 is 10.9 Å². The number of pyridine rings is 1. The highest BCUT2D eigenvalue weighted by Gasteiger charge is 2.25. The maximum absolute atomic E-state index is 11.9. The van der Waals surface area contributed by atoms with Crippen molar-refractivity contribution in [2.45, 2.75) is 31.7 Å². The van der Waals surface area contributed by atoms with E-state index in [1.807, 2.05) is 12.1 Å². The summed E-state index contributed by atoms with van der Waals surface area (Å²) < 4.78 is 0. The predicted octanol–water partition coefficient (Wildman–Crippen LogP) is 0.762. The minimum atomic E-state index is -0.0829. The Bertz CT molecular complexity index is 409. The molecule has 2 rings (SSSR count). The molecule has 0 bridgehead atoms. The van der Waals surface area contributed by atoms with Crippen LogP contribution in [0.5, 0.6) is 0 Å². The zero-order valence-electron chi connectivity index (χ0n) is 11.6. The number of hydrogen-bond donors (Lipinski definition) is 3. The highest BCUT2D eigenvalue weighted by molar-refractivity contribution is 5.79. The quantitative estimate of drug-likeness (QED) is 0.612. The van der Waals surface area contributed by atoms with Crippen molar-refractivity contribution in [3.05, 3.63) is 24.4 Å². The third kappa shape index (κ3) is 4.47. The number of aromatic nitrogens is 1. The molecule has 3 N–H and O–H groups in total. The number of anilines is 1. The average molecular weight is 278 g/mol. The summed E-state index contributed by atoms with van der Waals surface area (Å²) in [7, 11) is 0. The van der Waals surface area contributed by atoms with E-state index < -0.39 is 0 Å². The first-order valence-electron chi connectivity index (χ1n) is 7.10. The van der Waals surface area contributed by atoms with Crippen LogP contribution in [0.25, 0.3) is 0 Å². The van der Waals surface area contributed by atoms with E-state index in [1.165, 1.54) is 6.42 Å². The summed E-state index contributed by atoms with van der Waals surface area (Å²) in [5.74, 6) is 0.534. The average Bonchev–Trinajstić information content (AvgIpc) is 2.42. The number of amides is 1. The zero-order valence-corrected chi connectivity index (χ0v) is 11.6. The molecule has 110 valence electrons. The fraction of sp³-hybridized carbons (Fsp3) is 0.571. The van der Waals surface area contributed by atoms with Gasteiger partial charge in [-0.15, -0.1) is 0 Å². The Morgan fingerprint density at radius 1 is 1.45 bits per heavy atom. The maximum atomic E-state index is 11.9. The molecule has 0 aromatic carbocycles. The van der Waals surface area contributed by atoms with E-state index in [1.54, 1.807) is 12.3 Å². The molecular weight excluding hydrogens is 256 g/mol. The first-order valence-corrected chi connectivity index (χ1v) is 7.10. The first kappa shape index (κ1) is 14.7. The SMILES string of the molecule is O=C(CN(CCCO)C1CCC1)NNc1ccccn1. The minimum Gasteiger partial charge on any atom is -0.396 e. The molecule has 0 spiro atoms. The van der Waals surface area contributed by atoms with Crippen LogP contribution in [0, 0.1) is 0 Å². The number of aliphatic hydroxyl groups excluding tert-OH is 1. The molecule has 0 saturated heterocycles. The molecule has 1 fully saturated rings. The van der Waals surface area contributed by atoms with Gasteiger partial charge in [-0.2, -0.15) is 0 Å². The van der Waals surface area contributed by atoms with E-state index >= 15 is 0 Å². The van der Waals surface area contributed by atoms with E-state index in [0.29, 0.717) is 24.8 Å². The molecule has 0 radical (unpaired) electrons. The van der Waals surface area contributed by atoms with Gasteiger partial charge in [0.15, 0.2) is 0 Å². The molecule has 1 amide bonds. The number of hydrazine groups is 1. The summed E-state index contributed by atoms with van der Waals surface area (Å²) in [4.78, 5) is 18.1. The molecule has 0 unspecified atom stereocenters. The van der Waals surface area contributed by atoms with Crippen molar-refractivity contribution in [1.82, 2.24) is 15.3 Å². The monoisotopic (exact) mass is 278 g/mol. The van der Waals surface area contributed by atoms with E-state index in [4.69, 9.17) is 5.11 Å². The smallest absolute Gasteiger partial charge is 0.252 e. The van der Waals surface area contributed by atoms with E-state index in [9.17, 15) is 4.79 Å². The van der Waals surface area contributed by atoms with Crippen LogP contribution in [0.2, 0.25) is 0 Å². The molecule has 6 heteroatoms. The second-order valence-electron chi connectivity index (χ2n) is 5.02. The molecule has 1 aliphatic carbocycles. The standard InChI is InChI=1S/C14H22N4O2/c19-10-4-9-18(12-5-3-6-12)11-14(20)17-16-13-7-1-2-8-15-13/h1-2,7-8,12,19H,3-6,9-11H2,(H,15,16)(H,17,20). The van der Waals surface area contributed by atoms with Crippen molar-refractivity contribution in [3.63, 3.8) is 0 Å². The largest absolute Gasteiger partial charge is 0.396 e. The van der Waals surface area contributed by atoms with Gasteiger partial charge < -0.3 is 5.11 Å². The molecule has 6 nitrogen and oxygen atoms in total. The molecule has 1 saturated carbocycles. The number of aliphatic hydroxyl groups is 1. The predicted molar refractivity (Wildman–Crippen MR) is 76.9 cm³/mol. The Balaban J connectivity index is 1.75. The summed E-state index contributed by atoms with van der Waals surface area (Å²) in [5, 5.41) is 8.93. The summed E-state index contributed by atoms with van der Waals surface area (Å²) >= 11 is 0. The summed E-state index contributed by atoms with van der Waals surface area (Å²) in [6.07, 6.45) is 5.89. The van der Waals surface area contributed by atoms with Crippen molar-refractivity contribution in [1.29, 1.82) is 0 Å². The fourth-order valence-electron chi connectivity index (χ4n) is 2.21. The second kappa shape index (κ2) is 7.81. The zero-order chi connectivity index (χ0) is 14.2. The van der Waals surface area contributed by atoms with Gasteiger partial charge in [0, 0.05) is 25.4 Å². The van der Waals surface area contributed by atoms with Crippen molar-refractivity contribution >= 4 is 11.7 Å². The van der Waals surface area contributed by atoms with Crippen molar-refractivity contribution < 1.29 is 9.90 Å². The van der Waals surface area contributed by atoms with Crippen molar-refractivity contribution in [3.8, 4) is 0 Å². The Labute approximate surface area is 119 Å². The number of rotatable bonds is 8. The van der Waals surface area contributed by atoms with Crippen molar-refractivity contribution in [2.24, 2.45) is 0 Å². The van der Waals surface area contributed by atoms with Gasteiger partial charge in [-0.25, -0.2) is 4.98 Å². The Kier molecular flexibility index (Phi) is 5.76. The number of nitrogens with zero attached hydrogens (tertiary/aromatic N) is 2. The number of hydrogen-bond acceptors (Lipinski definition) is 5. The Hall–Kier alpha value is -1.66. The molecule has 0 aliphatic heterocycles. The van der Waals surface area contributed by atoms with Gasteiger partial charge in [0.25, 0.3) is 5.91 Å². The van der Waals surface area contributed by atoms with Gasteiger partial charge in [0.2, 0.25) is 0 Å². The van der Waals surface area contributed by atoms with Crippen LogP contribution in [0.15, 0.2) is 24.4 Å². The second-order valence-corrected chi connectivity index (χ2v) is 5.02. The lowest BCUT2D eigenvalue weighted by Crippen LogP contribution is -2.47. The van der Waals surface area contributed by atoms with Crippen LogP contribution in [-0.4, -0.2) is 46.6 Å². The summed E-state index contributed by atoms with van der Waals surface area (Å²) in [6, 6.07) is 5.95. The van der Waals surface area contributed by atoms with Crippen LogP contribution in [-0.2, 0) is 4.79 Å². The third-order valence-electron chi connectivity index (χ3n) is 3.54. The van der Waals surface area contributed by atoms with Crippen LogP contribution in [0.4, 0.5) is 5.82 Å². The van der Waals surface area contributed by atoms with E-state index in [2.05, 4.69) is 20.7 Å². The normalized spacial score (nSPS) is 14.9. The number of nitrogens with one attached hydrogen (secondary N) is 2.